The van der Waals surface area contributed by atoms with Gasteiger partial charge in [-0.15, -0.1) is 11.3 Å². The Morgan fingerprint density at radius 3 is 2.68 bits per heavy atom. The molecule has 0 spiro atoms. The van der Waals surface area contributed by atoms with Gasteiger partial charge in [0.05, 0.1) is 5.56 Å². The minimum absolute atomic E-state index is 0.191. The number of hydrogen-bond acceptors (Lipinski definition) is 3. The maximum atomic E-state index is 12.4. The highest BCUT2D eigenvalue weighted by Crippen LogP contribution is 2.22. The van der Waals surface area contributed by atoms with Crippen molar-refractivity contribution in [2.75, 3.05) is 0 Å². The number of halogens is 1. The molecule has 110 valence electrons. The fraction of sp³-hybridized carbons (Fsp3) is 0.0588. The molecular formula is C17H12ClNO2S. The summed E-state index contributed by atoms with van der Waals surface area (Å²) in [7, 11) is 0. The molecule has 3 nitrogen and oxygen atoms in total. The van der Waals surface area contributed by atoms with Crippen LogP contribution in [0, 0.1) is 6.92 Å². The molecule has 0 unspecified atom stereocenters. The van der Waals surface area contributed by atoms with E-state index >= 15 is 0 Å². The quantitative estimate of drug-likeness (QED) is 0.570. The van der Waals surface area contributed by atoms with Crippen molar-refractivity contribution in [2.24, 2.45) is 0 Å². The van der Waals surface area contributed by atoms with E-state index in [1.54, 1.807) is 25.1 Å². The third kappa shape index (κ3) is 2.75. The molecule has 0 aliphatic rings. The Bertz CT molecular complexity index is 935. The summed E-state index contributed by atoms with van der Waals surface area (Å²) in [6, 6.07) is 9.03. The minimum Gasteiger partial charge on any atom is -0.313 e. The van der Waals surface area contributed by atoms with Gasteiger partial charge in [-0.3, -0.25) is 9.59 Å². The smallest absolute Gasteiger partial charge is 0.260 e. The topological polar surface area (TPSA) is 49.9 Å². The average Bonchev–Trinajstić information content (AvgIpc) is 2.95. The molecule has 0 fully saturated rings. The number of benzene rings is 1. The predicted molar refractivity (Wildman–Crippen MR) is 92.0 cm³/mol. The molecule has 0 radical (unpaired) electrons. The maximum Gasteiger partial charge on any atom is 0.260 e. The van der Waals surface area contributed by atoms with Gasteiger partial charge in [-0.05, 0) is 47.7 Å². The van der Waals surface area contributed by atoms with Crippen molar-refractivity contribution < 1.29 is 4.79 Å². The van der Waals surface area contributed by atoms with E-state index in [9.17, 15) is 9.59 Å². The number of carbonyl (C=O) groups is 1. The van der Waals surface area contributed by atoms with Crippen LogP contribution in [0.3, 0.4) is 0 Å². The first-order valence-electron chi connectivity index (χ1n) is 6.64. The number of aryl methyl sites for hydroxylation is 1. The Morgan fingerprint density at radius 2 is 1.95 bits per heavy atom. The Hall–Kier alpha value is -2.17. The highest BCUT2D eigenvalue weighted by atomic mass is 35.5. The minimum atomic E-state index is -0.349. The molecule has 2 aromatic heterocycles. The number of allylic oxidation sites excluding steroid dienone is 1. The van der Waals surface area contributed by atoms with Gasteiger partial charge in [0.25, 0.3) is 5.56 Å². The zero-order chi connectivity index (χ0) is 15.7. The van der Waals surface area contributed by atoms with Crippen molar-refractivity contribution in [1.82, 2.24) is 4.98 Å². The van der Waals surface area contributed by atoms with Gasteiger partial charge in [0.15, 0.2) is 5.78 Å². The SMILES string of the molecule is Cc1c(C(=O)/C=C/c2ccc(Cl)cc2)c(=O)[nH]c2sccc12. The molecule has 1 aromatic carbocycles. The van der Waals surface area contributed by atoms with Crippen LogP contribution in [0.1, 0.15) is 21.5 Å². The number of nitrogens with one attached hydrogen (secondary N) is 1. The van der Waals surface area contributed by atoms with E-state index in [0.29, 0.717) is 10.6 Å². The van der Waals surface area contributed by atoms with Gasteiger partial charge in [-0.1, -0.05) is 29.8 Å². The summed E-state index contributed by atoms with van der Waals surface area (Å²) in [5, 5.41) is 3.44. The molecule has 0 saturated carbocycles. The molecular weight excluding hydrogens is 318 g/mol. The first-order chi connectivity index (χ1) is 10.6. The number of rotatable bonds is 3. The Balaban J connectivity index is 1.98. The van der Waals surface area contributed by atoms with E-state index in [4.69, 9.17) is 11.6 Å². The number of fused-ring (bicyclic) bond motifs is 1. The summed E-state index contributed by atoms with van der Waals surface area (Å²) >= 11 is 7.27. The van der Waals surface area contributed by atoms with Crippen molar-refractivity contribution >= 4 is 45.0 Å². The molecule has 2 heterocycles. The number of pyridine rings is 1. The third-order valence-electron chi connectivity index (χ3n) is 3.44. The number of ketones is 1. The summed E-state index contributed by atoms with van der Waals surface area (Å²) in [5.41, 5.74) is 1.41. The fourth-order valence-electron chi connectivity index (χ4n) is 2.30. The van der Waals surface area contributed by atoms with Crippen LogP contribution in [0.5, 0.6) is 0 Å². The van der Waals surface area contributed by atoms with Crippen LogP contribution in [0.15, 0.2) is 46.6 Å². The second-order valence-electron chi connectivity index (χ2n) is 4.87. The number of thiophene rings is 1. The van der Waals surface area contributed by atoms with E-state index in [1.807, 2.05) is 23.6 Å². The van der Waals surface area contributed by atoms with E-state index in [-0.39, 0.29) is 16.9 Å². The first-order valence-corrected chi connectivity index (χ1v) is 7.90. The maximum absolute atomic E-state index is 12.4. The lowest BCUT2D eigenvalue weighted by atomic mass is 10.0. The molecule has 0 aliphatic carbocycles. The van der Waals surface area contributed by atoms with Gasteiger partial charge in [0.1, 0.15) is 4.83 Å². The van der Waals surface area contributed by atoms with E-state index in [0.717, 1.165) is 15.8 Å². The first kappa shape index (κ1) is 14.8. The summed E-state index contributed by atoms with van der Waals surface area (Å²) < 4.78 is 0. The van der Waals surface area contributed by atoms with Crippen LogP contribution in [-0.4, -0.2) is 10.8 Å². The fourth-order valence-corrected chi connectivity index (χ4v) is 3.26. The van der Waals surface area contributed by atoms with E-state index < -0.39 is 0 Å². The highest BCUT2D eigenvalue weighted by Gasteiger charge is 2.14. The van der Waals surface area contributed by atoms with Gasteiger partial charge in [0.2, 0.25) is 0 Å². The Kier molecular flexibility index (Phi) is 3.96. The Labute approximate surface area is 135 Å². The van der Waals surface area contributed by atoms with Crippen LogP contribution >= 0.6 is 22.9 Å². The second-order valence-corrected chi connectivity index (χ2v) is 6.22. The number of aromatic amines is 1. The number of hydrogen-bond donors (Lipinski definition) is 1. The number of aromatic nitrogens is 1. The van der Waals surface area contributed by atoms with Gasteiger partial charge >= 0.3 is 0 Å². The average molecular weight is 330 g/mol. The van der Waals surface area contributed by atoms with E-state index in [1.165, 1.54) is 17.4 Å². The molecule has 3 aromatic rings. The lowest BCUT2D eigenvalue weighted by molar-refractivity contribution is 0.104. The normalized spacial score (nSPS) is 11.4. The molecule has 0 atom stereocenters. The van der Waals surface area contributed by atoms with Crippen LogP contribution in [0.4, 0.5) is 0 Å². The van der Waals surface area contributed by atoms with Gasteiger partial charge < -0.3 is 4.98 Å². The van der Waals surface area contributed by atoms with Crippen LogP contribution in [-0.2, 0) is 0 Å². The van der Waals surface area contributed by atoms with Crippen molar-refractivity contribution in [3.8, 4) is 0 Å². The van der Waals surface area contributed by atoms with Crippen molar-refractivity contribution in [3.63, 3.8) is 0 Å². The van der Waals surface area contributed by atoms with E-state index in [2.05, 4.69) is 4.98 Å². The summed E-state index contributed by atoms with van der Waals surface area (Å²) in [5.74, 6) is -0.304. The van der Waals surface area contributed by atoms with Crippen LogP contribution in [0.25, 0.3) is 16.3 Å². The molecule has 0 amide bonds. The lowest BCUT2D eigenvalue weighted by Crippen LogP contribution is -2.18. The van der Waals surface area contributed by atoms with Gasteiger partial charge in [-0.2, -0.15) is 0 Å². The molecule has 5 heteroatoms. The summed E-state index contributed by atoms with van der Waals surface area (Å²) in [6.07, 6.45) is 3.09. The van der Waals surface area contributed by atoms with Gasteiger partial charge in [-0.25, -0.2) is 0 Å². The molecule has 22 heavy (non-hydrogen) atoms. The second kappa shape index (κ2) is 5.91. The summed E-state index contributed by atoms with van der Waals surface area (Å²) in [4.78, 5) is 28.0. The molecule has 1 N–H and O–H groups in total. The molecule has 3 rings (SSSR count). The summed E-state index contributed by atoms with van der Waals surface area (Å²) in [6.45, 7) is 1.80. The standard InChI is InChI=1S/C17H12ClNO2S/c1-10-13-8-9-22-17(13)19-16(21)15(10)14(20)7-4-11-2-5-12(18)6-3-11/h2-9H,1H3,(H,19,21)/b7-4+. The monoisotopic (exact) mass is 329 g/mol. The van der Waals surface area contributed by atoms with Crippen LogP contribution in [0.2, 0.25) is 5.02 Å². The predicted octanol–water partition coefficient (Wildman–Crippen LogP) is 4.45. The lowest BCUT2D eigenvalue weighted by Gasteiger charge is -2.02. The van der Waals surface area contributed by atoms with Crippen molar-refractivity contribution in [2.45, 2.75) is 6.92 Å². The zero-order valence-corrected chi connectivity index (χ0v) is 13.3. The zero-order valence-electron chi connectivity index (χ0n) is 11.7. The highest BCUT2D eigenvalue weighted by molar-refractivity contribution is 7.16. The third-order valence-corrected chi connectivity index (χ3v) is 4.52. The van der Waals surface area contributed by atoms with Gasteiger partial charge in [0, 0.05) is 10.4 Å². The molecule has 0 saturated heterocycles. The molecule has 0 aliphatic heterocycles. The number of carbonyl (C=O) groups excluding carboxylic acids is 1. The van der Waals surface area contributed by atoms with Crippen molar-refractivity contribution in [3.05, 3.63) is 73.9 Å². The van der Waals surface area contributed by atoms with Crippen LogP contribution < -0.4 is 5.56 Å². The Morgan fingerprint density at radius 1 is 1.23 bits per heavy atom. The largest absolute Gasteiger partial charge is 0.313 e. The molecule has 0 bridgehead atoms. The number of H-pyrrole nitrogens is 1. The van der Waals surface area contributed by atoms with Crippen molar-refractivity contribution in [1.29, 1.82) is 0 Å².